The monoisotopic (exact) mass is 421 g/mol. The van der Waals surface area contributed by atoms with E-state index in [1.807, 2.05) is 60.7 Å². The number of aromatic nitrogens is 3. The average Bonchev–Trinajstić information content (AvgIpc) is 2.86. The Labute approximate surface area is 184 Å². The van der Waals surface area contributed by atoms with Crippen LogP contribution in [0.5, 0.6) is 0 Å². The van der Waals surface area contributed by atoms with E-state index >= 15 is 0 Å². The molecule has 0 N–H and O–H groups in total. The molecule has 1 aromatic heterocycles. The summed E-state index contributed by atoms with van der Waals surface area (Å²) in [5.74, 6) is 0.717. The van der Waals surface area contributed by atoms with E-state index < -0.39 is 5.82 Å². The van der Waals surface area contributed by atoms with E-state index in [9.17, 15) is 8.78 Å². The third kappa shape index (κ3) is 4.01. The first-order valence-corrected chi connectivity index (χ1v) is 10.1. The van der Waals surface area contributed by atoms with Gasteiger partial charge in [-0.1, -0.05) is 72.8 Å². The molecular weight excluding hydrogens is 404 g/mol. The minimum absolute atomic E-state index is 0.352. The summed E-state index contributed by atoms with van der Waals surface area (Å²) in [5.41, 5.74) is 3.28. The molecule has 0 bridgehead atoms. The van der Waals surface area contributed by atoms with Crippen molar-refractivity contribution < 1.29 is 8.78 Å². The van der Waals surface area contributed by atoms with Gasteiger partial charge in [-0.2, -0.15) is 0 Å². The SMILES string of the molecule is Fc1ccc(-c2cc(-c3nc(-c4ccccc4)nc(-c4ccccc4)n3)ccc2F)cc1. The van der Waals surface area contributed by atoms with Crippen molar-refractivity contribution in [3.05, 3.63) is 115 Å². The predicted octanol–water partition coefficient (Wildman–Crippen LogP) is 6.82. The van der Waals surface area contributed by atoms with E-state index in [0.29, 0.717) is 34.2 Å². The number of hydrogen-bond acceptors (Lipinski definition) is 3. The predicted molar refractivity (Wildman–Crippen MR) is 121 cm³/mol. The smallest absolute Gasteiger partial charge is 0.164 e. The number of nitrogens with zero attached hydrogens (tertiary/aromatic N) is 3. The molecule has 3 nitrogen and oxygen atoms in total. The molecule has 5 heteroatoms. The summed E-state index contributed by atoms with van der Waals surface area (Å²) in [6.07, 6.45) is 0. The van der Waals surface area contributed by atoms with E-state index in [1.54, 1.807) is 24.3 Å². The molecule has 0 saturated heterocycles. The van der Waals surface area contributed by atoms with Crippen LogP contribution in [-0.4, -0.2) is 15.0 Å². The second-order valence-electron chi connectivity index (χ2n) is 7.24. The minimum Gasteiger partial charge on any atom is -0.208 e. The molecule has 154 valence electrons. The van der Waals surface area contributed by atoms with Gasteiger partial charge in [0.25, 0.3) is 0 Å². The van der Waals surface area contributed by atoms with Gasteiger partial charge in [0.05, 0.1) is 0 Å². The van der Waals surface area contributed by atoms with Crippen molar-refractivity contribution in [2.75, 3.05) is 0 Å². The summed E-state index contributed by atoms with van der Waals surface area (Å²) in [5, 5.41) is 0. The van der Waals surface area contributed by atoms with Crippen LogP contribution in [0, 0.1) is 11.6 Å². The first kappa shape index (κ1) is 19.7. The number of rotatable bonds is 4. The highest BCUT2D eigenvalue weighted by Gasteiger charge is 2.14. The summed E-state index contributed by atoms with van der Waals surface area (Å²) in [7, 11) is 0. The van der Waals surface area contributed by atoms with Gasteiger partial charge < -0.3 is 0 Å². The molecule has 0 spiro atoms. The molecule has 32 heavy (non-hydrogen) atoms. The van der Waals surface area contributed by atoms with Crippen molar-refractivity contribution in [2.45, 2.75) is 0 Å². The fourth-order valence-corrected chi connectivity index (χ4v) is 3.45. The standard InChI is InChI=1S/C27H17F2N3/c28-22-14-11-18(12-15-22)23-17-21(13-16-24(23)29)27-31-25(19-7-3-1-4-8-19)30-26(32-27)20-9-5-2-6-10-20/h1-17H. The largest absolute Gasteiger partial charge is 0.208 e. The van der Waals surface area contributed by atoms with Crippen LogP contribution in [0.25, 0.3) is 45.3 Å². The van der Waals surface area contributed by atoms with Crippen LogP contribution >= 0.6 is 0 Å². The molecule has 0 saturated carbocycles. The molecule has 0 amide bonds. The number of halogens is 2. The maximum atomic E-state index is 14.6. The molecule has 0 atom stereocenters. The van der Waals surface area contributed by atoms with Gasteiger partial charge in [-0.15, -0.1) is 0 Å². The summed E-state index contributed by atoms with van der Waals surface area (Å²) in [6.45, 7) is 0. The molecule has 0 radical (unpaired) electrons. The first-order valence-electron chi connectivity index (χ1n) is 10.1. The maximum absolute atomic E-state index is 14.6. The molecule has 0 unspecified atom stereocenters. The molecule has 4 aromatic carbocycles. The Balaban J connectivity index is 1.68. The Kier molecular flexibility index (Phi) is 5.22. The van der Waals surface area contributed by atoms with E-state index in [2.05, 4.69) is 15.0 Å². The van der Waals surface area contributed by atoms with Crippen LogP contribution in [-0.2, 0) is 0 Å². The quantitative estimate of drug-likeness (QED) is 0.320. The van der Waals surface area contributed by atoms with E-state index in [4.69, 9.17) is 0 Å². The highest BCUT2D eigenvalue weighted by molar-refractivity contribution is 5.72. The molecule has 5 rings (SSSR count). The first-order chi connectivity index (χ1) is 15.7. The van der Waals surface area contributed by atoms with Crippen LogP contribution in [0.4, 0.5) is 8.78 Å². The maximum Gasteiger partial charge on any atom is 0.164 e. The van der Waals surface area contributed by atoms with Crippen molar-refractivity contribution >= 4 is 0 Å². The van der Waals surface area contributed by atoms with E-state index in [0.717, 1.165) is 11.1 Å². The van der Waals surface area contributed by atoms with E-state index in [-0.39, 0.29) is 5.82 Å². The zero-order valence-corrected chi connectivity index (χ0v) is 16.9. The minimum atomic E-state index is -0.402. The third-order valence-electron chi connectivity index (χ3n) is 5.08. The highest BCUT2D eigenvalue weighted by atomic mass is 19.1. The summed E-state index contributed by atoms with van der Waals surface area (Å²) in [4.78, 5) is 14.0. The van der Waals surface area contributed by atoms with Crippen LogP contribution < -0.4 is 0 Å². The Morgan fingerprint density at radius 3 is 1.44 bits per heavy atom. The topological polar surface area (TPSA) is 38.7 Å². The average molecular weight is 421 g/mol. The zero-order valence-electron chi connectivity index (χ0n) is 16.9. The Morgan fingerprint density at radius 2 is 0.906 bits per heavy atom. The Morgan fingerprint density at radius 1 is 0.438 bits per heavy atom. The fraction of sp³-hybridized carbons (Fsp3) is 0. The highest BCUT2D eigenvalue weighted by Crippen LogP contribution is 2.30. The fourth-order valence-electron chi connectivity index (χ4n) is 3.45. The van der Waals surface area contributed by atoms with Gasteiger partial charge in [0, 0.05) is 22.3 Å². The Hall–Kier alpha value is -4.25. The third-order valence-corrected chi connectivity index (χ3v) is 5.08. The van der Waals surface area contributed by atoms with Crippen molar-refractivity contribution in [1.29, 1.82) is 0 Å². The van der Waals surface area contributed by atoms with Crippen molar-refractivity contribution in [3.63, 3.8) is 0 Å². The van der Waals surface area contributed by atoms with Gasteiger partial charge in [-0.25, -0.2) is 23.7 Å². The summed E-state index contributed by atoms with van der Waals surface area (Å²) in [6, 6.07) is 29.7. The van der Waals surface area contributed by atoms with Crippen LogP contribution in [0.3, 0.4) is 0 Å². The second kappa shape index (κ2) is 8.47. The van der Waals surface area contributed by atoms with Gasteiger partial charge in [0.1, 0.15) is 11.6 Å². The molecule has 0 aliphatic rings. The molecular formula is C27H17F2N3. The van der Waals surface area contributed by atoms with Crippen LogP contribution in [0.1, 0.15) is 0 Å². The normalized spacial score (nSPS) is 10.8. The van der Waals surface area contributed by atoms with Gasteiger partial charge in [0.15, 0.2) is 17.5 Å². The van der Waals surface area contributed by atoms with Gasteiger partial charge in [-0.05, 0) is 35.9 Å². The molecule has 0 aliphatic heterocycles. The van der Waals surface area contributed by atoms with Crippen LogP contribution in [0.2, 0.25) is 0 Å². The zero-order chi connectivity index (χ0) is 21.9. The molecule has 0 fully saturated rings. The van der Waals surface area contributed by atoms with Crippen molar-refractivity contribution in [2.24, 2.45) is 0 Å². The van der Waals surface area contributed by atoms with Gasteiger partial charge in [0.2, 0.25) is 0 Å². The van der Waals surface area contributed by atoms with Crippen molar-refractivity contribution in [3.8, 4) is 45.3 Å². The lowest BCUT2D eigenvalue weighted by molar-refractivity contribution is 0.625. The lowest BCUT2D eigenvalue weighted by Crippen LogP contribution is -2.00. The molecule has 0 aliphatic carbocycles. The molecule has 1 heterocycles. The number of benzene rings is 4. The van der Waals surface area contributed by atoms with Gasteiger partial charge >= 0.3 is 0 Å². The molecule has 5 aromatic rings. The van der Waals surface area contributed by atoms with E-state index in [1.165, 1.54) is 18.2 Å². The number of hydrogen-bond donors (Lipinski definition) is 0. The lowest BCUT2D eigenvalue weighted by Gasteiger charge is -2.10. The summed E-state index contributed by atoms with van der Waals surface area (Å²) < 4.78 is 28.0. The van der Waals surface area contributed by atoms with Crippen LogP contribution in [0.15, 0.2) is 103 Å². The lowest BCUT2D eigenvalue weighted by atomic mass is 10.0. The second-order valence-corrected chi connectivity index (χ2v) is 7.24. The van der Waals surface area contributed by atoms with Crippen molar-refractivity contribution in [1.82, 2.24) is 15.0 Å². The Bertz CT molecular complexity index is 1310. The summed E-state index contributed by atoms with van der Waals surface area (Å²) >= 11 is 0. The van der Waals surface area contributed by atoms with Gasteiger partial charge in [-0.3, -0.25) is 0 Å².